The minimum absolute atomic E-state index is 0.829. The highest BCUT2D eigenvalue weighted by Gasteiger charge is 1.79. The van der Waals surface area contributed by atoms with Crippen LogP contribution in [0.3, 0.4) is 0 Å². The molecule has 0 saturated carbocycles. The second kappa shape index (κ2) is 2.04. The highest BCUT2D eigenvalue weighted by Crippen LogP contribution is 1.90. The summed E-state index contributed by atoms with van der Waals surface area (Å²) in [5.74, 6) is 0. The molecule has 1 heteroatoms. The second-order valence-corrected chi connectivity index (χ2v) is 1.91. The van der Waals surface area contributed by atoms with E-state index in [-0.39, 0.29) is 0 Å². The summed E-state index contributed by atoms with van der Waals surface area (Å²) >= 11 is 0. The van der Waals surface area contributed by atoms with Crippen LogP contribution in [0.1, 0.15) is 5.56 Å². The Morgan fingerprint density at radius 2 is 1.62 bits per heavy atom. The molecular weight excluding hydrogens is 94.9 g/mol. The van der Waals surface area contributed by atoms with E-state index in [1.54, 1.807) is 0 Å². The molecule has 0 aliphatic carbocycles. The maximum atomic E-state index is 5.43. The van der Waals surface area contributed by atoms with Gasteiger partial charge in [0.1, 0.15) is 7.85 Å². The van der Waals surface area contributed by atoms with Crippen molar-refractivity contribution in [3.05, 3.63) is 29.8 Å². The molecule has 0 aromatic heterocycles. The van der Waals surface area contributed by atoms with Crippen LogP contribution in [0, 0.1) is 6.92 Å². The first-order valence-corrected chi connectivity index (χ1v) is 2.61. The molecule has 0 aliphatic heterocycles. The molecule has 2 radical (unpaired) electrons. The SMILES string of the molecule is [B]c1ccc(C)cc1. The van der Waals surface area contributed by atoms with Gasteiger partial charge in [-0.1, -0.05) is 35.3 Å². The Hall–Kier alpha value is -0.715. The molecule has 1 aromatic rings. The van der Waals surface area contributed by atoms with Gasteiger partial charge in [0.25, 0.3) is 0 Å². The van der Waals surface area contributed by atoms with E-state index in [0.29, 0.717) is 0 Å². The summed E-state index contributed by atoms with van der Waals surface area (Å²) in [6.07, 6.45) is 0. The summed E-state index contributed by atoms with van der Waals surface area (Å²) < 4.78 is 0. The van der Waals surface area contributed by atoms with Crippen LogP contribution in [0.5, 0.6) is 0 Å². The van der Waals surface area contributed by atoms with Crippen LogP contribution < -0.4 is 5.46 Å². The van der Waals surface area contributed by atoms with Crippen LogP contribution in [0.15, 0.2) is 24.3 Å². The van der Waals surface area contributed by atoms with Crippen molar-refractivity contribution < 1.29 is 0 Å². The third-order valence-corrected chi connectivity index (χ3v) is 1.08. The van der Waals surface area contributed by atoms with E-state index in [9.17, 15) is 0 Å². The zero-order valence-electron chi connectivity index (χ0n) is 4.89. The third kappa shape index (κ3) is 1.13. The van der Waals surface area contributed by atoms with Gasteiger partial charge < -0.3 is 0 Å². The first-order chi connectivity index (χ1) is 3.79. The van der Waals surface area contributed by atoms with Crippen LogP contribution in [0.4, 0.5) is 0 Å². The fourth-order valence-electron chi connectivity index (χ4n) is 0.566. The average molecular weight is 102 g/mol. The number of hydrogen-bond donors (Lipinski definition) is 0. The van der Waals surface area contributed by atoms with E-state index >= 15 is 0 Å². The topological polar surface area (TPSA) is 0 Å². The maximum Gasteiger partial charge on any atom is 0.113 e. The molecular formula is C7H7B. The van der Waals surface area contributed by atoms with Crippen molar-refractivity contribution in [1.82, 2.24) is 0 Å². The minimum Gasteiger partial charge on any atom is -0.0967 e. The van der Waals surface area contributed by atoms with E-state index in [2.05, 4.69) is 0 Å². The van der Waals surface area contributed by atoms with Gasteiger partial charge in [-0.15, -0.1) is 0 Å². The smallest absolute Gasteiger partial charge is 0.0967 e. The standard InChI is InChI=1S/C7H7B/c1-6-2-4-7(8)5-3-6/h2-5H,1H3. The number of rotatable bonds is 0. The molecule has 0 unspecified atom stereocenters. The molecule has 0 nitrogen and oxygen atoms in total. The van der Waals surface area contributed by atoms with Gasteiger partial charge >= 0.3 is 0 Å². The summed E-state index contributed by atoms with van der Waals surface area (Å²) in [4.78, 5) is 0. The van der Waals surface area contributed by atoms with Gasteiger partial charge in [0.05, 0.1) is 0 Å². The lowest BCUT2D eigenvalue weighted by Gasteiger charge is -1.90. The maximum absolute atomic E-state index is 5.43. The van der Waals surface area contributed by atoms with Gasteiger partial charge in [0, 0.05) is 0 Å². The highest BCUT2D eigenvalue weighted by molar-refractivity contribution is 6.32. The van der Waals surface area contributed by atoms with E-state index < -0.39 is 0 Å². The van der Waals surface area contributed by atoms with Gasteiger partial charge in [-0.3, -0.25) is 0 Å². The largest absolute Gasteiger partial charge is 0.113 e. The molecule has 1 aromatic carbocycles. The van der Waals surface area contributed by atoms with Crippen LogP contribution in [0.25, 0.3) is 0 Å². The van der Waals surface area contributed by atoms with Gasteiger partial charge in [-0.2, -0.15) is 0 Å². The first-order valence-electron chi connectivity index (χ1n) is 2.61. The second-order valence-electron chi connectivity index (χ2n) is 1.91. The third-order valence-electron chi connectivity index (χ3n) is 1.08. The molecule has 0 fully saturated rings. The van der Waals surface area contributed by atoms with Crippen molar-refractivity contribution in [3.8, 4) is 0 Å². The molecule has 38 valence electrons. The molecule has 0 amide bonds. The van der Waals surface area contributed by atoms with Gasteiger partial charge in [0.2, 0.25) is 0 Å². The predicted octanol–water partition coefficient (Wildman–Crippen LogP) is 0.789. The van der Waals surface area contributed by atoms with Gasteiger partial charge in [0.15, 0.2) is 0 Å². The molecule has 0 heterocycles. The van der Waals surface area contributed by atoms with Crippen molar-refractivity contribution in [3.63, 3.8) is 0 Å². The predicted molar refractivity (Wildman–Crippen MR) is 36.6 cm³/mol. The zero-order valence-corrected chi connectivity index (χ0v) is 4.89. The minimum atomic E-state index is 0.829. The molecule has 0 N–H and O–H groups in total. The van der Waals surface area contributed by atoms with Crippen molar-refractivity contribution in [1.29, 1.82) is 0 Å². The number of hydrogen-bond acceptors (Lipinski definition) is 0. The van der Waals surface area contributed by atoms with Crippen LogP contribution in [-0.2, 0) is 0 Å². The van der Waals surface area contributed by atoms with Crippen LogP contribution in [0.2, 0.25) is 0 Å². The molecule has 0 bridgehead atoms. The molecule has 0 saturated heterocycles. The lowest BCUT2D eigenvalue weighted by Crippen LogP contribution is -1.98. The molecule has 1 rings (SSSR count). The van der Waals surface area contributed by atoms with Gasteiger partial charge in [-0.25, -0.2) is 0 Å². The highest BCUT2D eigenvalue weighted by atomic mass is 13.8. The number of benzene rings is 1. The van der Waals surface area contributed by atoms with E-state index in [4.69, 9.17) is 7.85 Å². The Morgan fingerprint density at radius 3 is 2.00 bits per heavy atom. The average Bonchev–Trinajstić information content (AvgIpc) is 1.77. The van der Waals surface area contributed by atoms with E-state index in [1.165, 1.54) is 5.56 Å². The fraction of sp³-hybridized carbons (Fsp3) is 0.143. The lowest BCUT2D eigenvalue weighted by atomic mass is 9.96. The summed E-state index contributed by atoms with van der Waals surface area (Å²) in [6.45, 7) is 2.04. The quantitative estimate of drug-likeness (QED) is 0.425. The van der Waals surface area contributed by atoms with E-state index in [0.717, 1.165) is 5.46 Å². The molecule has 0 aliphatic rings. The zero-order chi connectivity index (χ0) is 5.98. The Balaban J connectivity index is 3.03. The van der Waals surface area contributed by atoms with Crippen LogP contribution >= 0.6 is 0 Å². The van der Waals surface area contributed by atoms with Gasteiger partial charge in [-0.05, 0) is 6.92 Å². The first kappa shape index (κ1) is 5.42. The Kier molecular flexibility index (Phi) is 1.38. The Labute approximate surface area is 50.9 Å². The van der Waals surface area contributed by atoms with Crippen LogP contribution in [-0.4, -0.2) is 7.85 Å². The van der Waals surface area contributed by atoms with Crippen molar-refractivity contribution in [2.45, 2.75) is 6.92 Å². The monoisotopic (exact) mass is 102 g/mol. The Bertz CT molecular complexity index is 143. The molecule has 8 heavy (non-hydrogen) atoms. The van der Waals surface area contributed by atoms with Crippen molar-refractivity contribution in [2.75, 3.05) is 0 Å². The van der Waals surface area contributed by atoms with Crippen molar-refractivity contribution >= 4 is 13.3 Å². The summed E-state index contributed by atoms with van der Waals surface area (Å²) in [6, 6.07) is 7.79. The fourth-order valence-corrected chi connectivity index (χ4v) is 0.566. The molecule has 0 spiro atoms. The Morgan fingerprint density at radius 1 is 1.12 bits per heavy atom. The van der Waals surface area contributed by atoms with E-state index in [1.807, 2.05) is 31.2 Å². The lowest BCUT2D eigenvalue weighted by molar-refractivity contribution is 1.49. The van der Waals surface area contributed by atoms with Crippen molar-refractivity contribution in [2.24, 2.45) is 0 Å². The number of aryl methyl sites for hydroxylation is 1. The summed E-state index contributed by atoms with van der Waals surface area (Å²) in [5.41, 5.74) is 2.08. The summed E-state index contributed by atoms with van der Waals surface area (Å²) in [7, 11) is 5.43. The summed E-state index contributed by atoms with van der Waals surface area (Å²) in [5, 5.41) is 0. The normalized spacial score (nSPS) is 9.12. The molecule has 0 atom stereocenters.